The standard InChI is InChI=1S/C22H24Cl2O6/c1-14-11-16(23)3-5-18(14)29-9-7-22(21(27)28,13-20(25)26)8-10-30-19-6-4-17(24)12-15(19)2/h3-6,11-12H,7-10,13H2,1-2H3,(H,25,26)(H,27,28). The normalized spacial score (nSPS) is 11.2. The second kappa shape index (κ2) is 10.5. The zero-order chi connectivity index (χ0) is 22.3. The van der Waals surface area contributed by atoms with E-state index in [0.717, 1.165) is 11.1 Å². The zero-order valence-corrected chi connectivity index (χ0v) is 18.3. The predicted molar refractivity (Wildman–Crippen MR) is 115 cm³/mol. The number of carboxylic acid groups (broad SMARTS) is 2. The van der Waals surface area contributed by atoms with Crippen LogP contribution in [0.4, 0.5) is 0 Å². The quantitative estimate of drug-likeness (QED) is 0.472. The molecule has 0 heterocycles. The van der Waals surface area contributed by atoms with Crippen molar-refractivity contribution < 1.29 is 29.3 Å². The lowest BCUT2D eigenvalue weighted by atomic mass is 9.78. The SMILES string of the molecule is Cc1cc(Cl)ccc1OCCC(CCOc1ccc(Cl)cc1C)(CC(=O)O)C(=O)O. The van der Waals surface area contributed by atoms with Gasteiger partial charge in [-0.2, -0.15) is 0 Å². The van der Waals surface area contributed by atoms with Crippen LogP contribution < -0.4 is 9.47 Å². The van der Waals surface area contributed by atoms with Crippen molar-refractivity contribution in [3.8, 4) is 11.5 Å². The number of ether oxygens (including phenoxy) is 2. The van der Waals surface area contributed by atoms with Crippen LogP contribution in [-0.2, 0) is 9.59 Å². The molecule has 0 spiro atoms. The van der Waals surface area contributed by atoms with E-state index in [2.05, 4.69) is 0 Å². The van der Waals surface area contributed by atoms with Crippen LogP contribution in [0.3, 0.4) is 0 Å². The molecule has 0 saturated heterocycles. The molecule has 30 heavy (non-hydrogen) atoms. The van der Waals surface area contributed by atoms with Crippen LogP contribution in [0.15, 0.2) is 36.4 Å². The summed E-state index contributed by atoms with van der Waals surface area (Å²) >= 11 is 11.9. The number of carboxylic acids is 2. The summed E-state index contributed by atoms with van der Waals surface area (Å²) < 4.78 is 11.4. The van der Waals surface area contributed by atoms with Gasteiger partial charge in [-0.25, -0.2) is 0 Å². The van der Waals surface area contributed by atoms with Gasteiger partial charge in [0.1, 0.15) is 11.5 Å². The van der Waals surface area contributed by atoms with Crippen LogP contribution in [-0.4, -0.2) is 35.4 Å². The van der Waals surface area contributed by atoms with E-state index in [-0.39, 0.29) is 26.1 Å². The van der Waals surface area contributed by atoms with E-state index in [1.165, 1.54) is 0 Å². The Morgan fingerprint density at radius 3 is 1.63 bits per heavy atom. The van der Waals surface area contributed by atoms with Crippen molar-refractivity contribution in [3.05, 3.63) is 57.6 Å². The van der Waals surface area contributed by atoms with Gasteiger partial charge in [0.15, 0.2) is 0 Å². The van der Waals surface area contributed by atoms with Crippen LogP contribution in [0.2, 0.25) is 10.0 Å². The van der Waals surface area contributed by atoms with Gasteiger partial charge in [0.25, 0.3) is 0 Å². The van der Waals surface area contributed by atoms with Gasteiger partial charge in [-0.05, 0) is 74.2 Å². The summed E-state index contributed by atoms with van der Waals surface area (Å²) in [6.45, 7) is 3.74. The monoisotopic (exact) mass is 454 g/mol. The van der Waals surface area contributed by atoms with Crippen molar-refractivity contribution >= 4 is 35.1 Å². The third kappa shape index (κ3) is 6.54. The maximum Gasteiger partial charge on any atom is 0.310 e. The first-order valence-electron chi connectivity index (χ1n) is 9.36. The van der Waals surface area contributed by atoms with Gasteiger partial charge in [-0.3, -0.25) is 9.59 Å². The Balaban J connectivity index is 2.07. The number of aryl methyl sites for hydroxylation is 2. The summed E-state index contributed by atoms with van der Waals surface area (Å²) in [5.74, 6) is -1.25. The smallest absolute Gasteiger partial charge is 0.310 e. The molecule has 0 aliphatic rings. The first-order valence-corrected chi connectivity index (χ1v) is 10.1. The average molecular weight is 455 g/mol. The second-order valence-corrected chi connectivity index (χ2v) is 8.05. The zero-order valence-electron chi connectivity index (χ0n) is 16.8. The van der Waals surface area contributed by atoms with E-state index in [1.807, 2.05) is 13.8 Å². The van der Waals surface area contributed by atoms with Crippen LogP contribution in [0.5, 0.6) is 11.5 Å². The molecule has 0 unspecified atom stereocenters. The lowest BCUT2D eigenvalue weighted by molar-refractivity contribution is -0.157. The van der Waals surface area contributed by atoms with E-state index in [0.29, 0.717) is 21.5 Å². The minimum absolute atomic E-state index is 0.0136. The molecule has 8 heteroatoms. The van der Waals surface area contributed by atoms with Crippen molar-refractivity contribution in [3.63, 3.8) is 0 Å². The molecule has 0 amide bonds. The van der Waals surface area contributed by atoms with Gasteiger partial charge in [-0.1, -0.05) is 23.2 Å². The number of halogens is 2. The first kappa shape index (κ1) is 23.8. The van der Waals surface area contributed by atoms with E-state index >= 15 is 0 Å². The van der Waals surface area contributed by atoms with Crippen molar-refractivity contribution in [1.82, 2.24) is 0 Å². The molecule has 0 aromatic heterocycles. The molecule has 2 rings (SSSR count). The Labute approximate surface area is 185 Å². The molecule has 0 radical (unpaired) electrons. The van der Waals surface area contributed by atoms with Gasteiger partial charge in [0, 0.05) is 10.0 Å². The Hall–Kier alpha value is -2.44. The van der Waals surface area contributed by atoms with Gasteiger partial charge in [0.05, 0.1) is 25.0 Å². The summed E-state index contributed by atoms with van der Waals surface area (Å²) in [5.41, 5.74) is 0.0957. The lowest BCUT2D eigenvalue weighted by Crippen LogP contribution is -2.37. The summed E-state index contributed by atoms with van der Waals surface area (Å²) in [5, 5.41) is 20.3. The number of hydrogen-bond acceptors (Lipinski definition) is 4. The first-order chi connectivity index (χ1) is 14.1. The highest BCUT2D eigenvalue weighted by Crippen LogP contribution is 2.33. The molecule has 0 aliphatic carbocycles. The number of rotatable bonds is 11. The van der Waals surface area contributed by atoms with Crippen molar-refractivity contribution in [2.45, 2.75) is 33.1 Å². The molecule has 0 fully saturated rings. The largest absolute Gasteiger partial charge is 0.493 e. The minimum atomic E-state index is -1.52. The highest BCUT2D eigenvalue weighted by atomic mass is 35.5. The molecule has 0 bridgehead atoms. The number of benzene rings is 2. The van der Waals surface area contributed by atoms with E-state index < -0.39 is 23.8 Å². The van der Waals surface area contributed by atoms with Gasteiger partial charge >= 0.3 is 11.9 Å². The highest BCUT2D eigenvalue weighted by Gasteiger charge is 2.40. The van der Waals surface area contributed by atoms with E-state index in [4.69, 9.17) is 32.7 Å². The molecule has 6 nitrogen and oxygen atoms in total. The molecule has 2 aromatic rings. The number of hydrogen-bond donors (Lipinski definition) is 2. The van der Waals surface area contributed by atoms with Gasteiger partial charge in [-0.15, -0.1) is 0 Å². The molecular formula is C22H24Cl2O6. The maximum atomic E-state index is 12.1. The molecule has 2 aromatic carbocycles. The molecule has 162 valence electrons. The van der Waals surface area contributed by atoms with Crippen LogP contribution in [0.25, 0.3) is 0 Å². The van der Waals surface area contributed by atoms with E-state index in [1.54, 1.807) is 36.4 Å². The maximum absolute atomic E-state index is 12.1. The fourth-order valence-electron chi connectivity index (χ4n) is 3.14. The highest BCUT2D eigenvalue weighted by molar-refractivity contribution is 6.31. The Bertz CT molecular complexity index is 855. The minimum Gasteiger partial charge on any atom is -0.493 e. The molecule has 0 saturated carbocycles. The molecule has 0 aliphatic heterocycles. The number of carbonyl (C=O) groups is 2. The van der Waals surface area contributed by atoms with Crippen molar-refractivity contribution in [1.29, 1.82) is 0 Å². The second-order valence-electron chi connectivity index (χ2n) is 7.17. The Kier molecular flexibility index (Phi) is 8.38. The number of aliphatic carboxylic acids is 2. The predicted octanol–water partition coefficient (Wildman–Crippen LogP) is 5.39. The van der Waals surface area contributed by atoms with Crippen LogP contribution in [0.1, 0.15) is 30.4 Å². The van der Waals surface area contributed by atoms with Crippen molar-refractivity contribution in [2.24, 2.45) is 5.41 Å². The van der Waals surface area contributed by atoms with E-state index in [9.17, 15) is 19.8 Å². The van der Waals surface area contributed by atoms with Crippen LogP contribution in [0, 0.1) is 19.3 Å². The summed E-state index contributed by atoms with van der Waals surface area (Å²) in [6.07, 6.45) is -0.506. The lowest BCUT2D eigenvalue weighted by Gasteiger charge is -2.28. The Morgan fingerprint density at radius 2 is 1.30 bits per heavy atom. The average Bonchev–Trinajstić information content (AvgIpc) is 2.64. The summed E-state index contributed by atoms with van der Waals surface area (Å²) in [6, 6.07) is 10.2. The molecular weight excluding hydrogens is 431 g/mol. The fraction of sp³-hybridized carbons (Fsp3) is 0.364. The summed E-state index contributed by atoms with van der Waals surface area (Å²) in [4.78, 5) is 23.5. The van der Waals surface area contributed by atoms with Crippen LogP contribution >= 0.6 is 23.2 Å². The topological polar surface area (TPSA) is 93.1 Å². The van der Waals surface area contributed by atoms with Gasteiger partial charge in [0.2, 0.25) is 0 Å². The third-order valence-corrected chi connectivity index (χ3v) is 5.36. The third-order valence-electron chi connectivity index (χ3n) is 4.89. The molecule has 0 atom stereocenters. The van der Waals surface area contributed by atoms with Gasteiger partial charge < -0.3 is 19.7 Å². The molecule has 2 N–H and O–H groups in total. The Morgan fingerprint density at radius 1 is 0.867 bits per heavy atom. The fourth-order valence-corrected chi connectivity index (χ4v) is 3.60. The van der Waals surface area contributed by atoms with Crippen molar-refractivity contribution in [2.75, 3.05) is 13.2 Å². The summed E-state index contributed by atoms with van der Waals surface area (Å²) in [7, 11) is 0.